The molecule has 138 valence electrons. The van der Waals surface area contributed by atoms with E-state index in [-0.39, 0.29) is 17.8 Å². The number of carbonyl (C=O) groups is 1. The standard InChI is InChI=1S/C21H25FN2O2/c1-15(21(25)23-18-7-5-8-19(13-18)26-2)24-11-10-16(14-24)12-17-6-3-4-9-20(17)22/h3-9,13,15-16H,10-12,14H2,1-2H3,(H,23,25). The molecule has 2 atom stereocenters. The topological polar surface area (TPSA) is 41.6 Å². The lowest BCUT2D eigenvalue weighted by atomic mass is 9.98. The first-order chi connectivity index (χ1) is 12.6. The van der Waals surface area contributed by atoms with E-state index < -0.39 is 0 Å². The summed E-state index contributed by atoms with van der Waals surface area (Å²) in [6.07, 6.45) is 1.69. The largest absolute Gasteiger partial charge is 0.497 e. The van der Waals surface area contributed by atoms with Crippen molar-refractivity contribution in [3.63, 3.8) is 0 Å². The quantitative estimate of drug-likeness (QED) is 0.858. The molecule has 1 heterocycles. The van der Waals surface area contributed by atoms with E-state index in [4.69, 9.17) is 4.74 Å². The monoisotopic (exact) mass is 356 g/mol. The Morgan fingerprint density at radius 3 is 2.88 bits per heavy atom. The maximum Gasteiger partial charge on any atom is 0.241 e. The van der Waals surface area contributed by atoms with Crippen LogP contribution in [0.5, 0.6) is 5.75 Å². The van der Waals surface area contributed by atoms with E-state index in [0.29, 0.717) is 18.1 Å². The number of nitrogens with one attached hydrogen (secondary N) is 1. The fraction of sp³-hybridized carbons (Fsp3) is 0.381. The lowest BCUT2D eigenvalue weighted by molar-refractivity contribution is -0.120. The van der Waals surface area contributed by atoms with Crippen molar-refractivity contribution >= 4 is 11.6 Å². The minimum atomic E-state index is -0.230. The number of methoxy groups -OCH3 is 1. The van der Waals surface area contributed by atoms with Gasteiger partial charge < -0.3 is 10.1 Å². The van der Waals surface area contributed by atoms with E-state index in [1.165, 1.54) is 6.07 Å². The third kappa shape index (κ3) is 4.41. The van der Waals surface area contributed by atoms with E-state index in [0.717, 1.165) is 30.8 Å². The first-order valence-electron chi connectivity index (χ1n) is 8.99. The van der Waals surface area contributed by atoms with Crippen LogP contribution >= 0.6 is 0 Å². The van der Waals surface area contributed by atoms with Crippen LogP contribution in [0.25, 0.3) is 0 Å². The number of rotatable bonds is 6. The molecule has 2 aromatic carbocycles. The zero-order valence-corrected chi connectivity index (χ0v) is 15.2. The molecule has 1 saturated heterocycles. The summed E-state index contributed by atoms with van der Waals surface area (Å²) in [4.78, 5) is 14.7. The zero-order chi connectivity index (χ0) is 18.5. The summed E-state index contributed by atoms with van der Waals surface area (Å²) >= 11 is 0. The molecule has 1 aliphatic heterocycles. The molecule has 5 heteroatoms. The van der Waals surface area contributed by atoms with Gasteiger partial charge in [-0.05, 0) is 56.0 Å². The molecule has 2 unspecified atom stereocenters. The van der Waals surface area contributed by atoms with Crippen molar-refractivity contribution < 1.29 is 13.9 Å². The molecule has 4 nitrogen and oxygen atoms in total. The molecular formula is C21H25FN2O2. The summed E-state index contributed by atoms with van der Waals surface area (Å²) in [5.41, 5.74) is 1.48. The van der Waals surface area contributed by atoms with Crippen molar-refractivity contribution in [1.82, 2.24) is 4.90 Å². The third-order valence-electron chi connectivity index (χ3n) is 5.05. The van der Waals surface area contributed by atoms with Crippen LogP contribution < -0.4 is 10.1 Å². The second-order valence-electron chi connectivity index (χ2n) is 6.84. The fourth-order valence-electron chi connectivity index (χ4n) is 3.47. The minimum absolute atomic E-state index is 0.0372. The summed E-state index contributed by atoms with van der Waals surface area (Å²) < 4.78 is 19.0. The van der Waals surface area contributed by atoms with E-state index in [1.54, 1.807) is 19.2 Å². The molecule has 0 spiro atoms. The molecule has 26 heavy (non-hydrogen) atoms. The molecule has 0 bridgehead atoms. The Labute approximate surface area is 154 Å². The highest BCUT2D eigenvalue weighted by molar-refractivity contribution is 5.94. The molecule has 3 rings (SSSR count). The first kappa shape index (κ1) is 18.4. The molecule has 0 saturated carbocycles. The number of benzene rings is 2. The Kier molecular flexibility index (Phi) is 5.89. The molecule has 2 aromatic rings. The van der Waals surface area contributed by atoms with Crippen molar-refractivity contribution in [1.29, 1.82) is 0 Å². The Bertz CT molecular complexity index is 765. The number of carbonyl (C=O) groups excluding carboxylic acids is 1. The summed E-state index contributed by atoms with van der Waals surface area (Å²) in [6, 6.07) is 14.0. The zero-order valence-electron chi connectivity index (χ0n) is 15.2. The maximum absolute atomic E-state index is 13.8. The lowest BCUT2D eigenvalue weighted by Crippen LogP contribution is -2.40. The summed E-state index contributed by atoms with van der Waals surface area (Å²) in [6.45, 7) is 3.58. The van der Waals surface area contributed by atoms with Crippen LogP contribution in [0.4, 0.5) is 10.1 Å². The minimum Gasteiger partial charge on any atom is -0.497 e. The highest BCUT2D eigenvalue weighted by Gasteiger charge is 2.30. The average Bonchev–Trinajstić information content (AvgIpc) is 3.11. The number of anilines is 1. The molecule has 1 amide bonds. The highest BCUT2D eigenvalue weighted by Crippen LogP contribution is 2.24. The van der Waals surface area contributed by atoms with Gasteiger partial charge in [0.25, 0.3) is 0 Å². The average molecular weight is 356 g/mol. The lowest BCUT2D eigenvalue weighted by Gasteiger charge is -2.23. The Morgan fingerprint density at radius 1 is 1.31 bits per heavy atom. The van der Waals surface area contributed by atoms with Gasteiger partial charge in [0.2, 0.25) is 5.91 Å². The number of ether oxygens (including phenoxy) is 1. The maximum atomic E-state index is 13.8. The van der Waals surface area contributed by atoms with E-state index >= 15 is 0 Å². The van der Waals surface area contributed by atoms with Crippen LogP contribution in [-0.2, 0) is 11.2 Å². The van der Waals surface area contributed by atoms with Gasteiger partial charge in [0, 0.05) is 18.3 Å². The number of hydrogen-bond acceptors (Lipinski definition) is 3. The Balaban J connectivity index is 1.55. The van der Waals surface area contributed by atoms with Gasteiger partial charge in [-0.1, -0.05) is 24.3 Å². The van der Waals surface area contributed by atoms with Crippen molar-refractivity contribution in [2.75, 3.05) is 25.5 Å². The number of amides is 1. The van der Waals surface area contributed by atoms with Crippen molar-refractivity contribution in [2.24, 2.45) is 5.92 Å². The van der Waals surface area contributed by atoms with Crippen LogP contribution in [-0.4, -0.2) is 37.0 Å². The molecular weight excluding hydrogens is 331 g/mol. The van der Waals surface area contributed by atoms with Crippen molar-refractivity contribution in [3.05, 3.63) is 59.9 Å². The van der Waals surface area contributed by atoms with Gasteiger partial charge in [-0.3, -0.25) is 9.69 Å². The predicted octanol–water partition coefficient (Wildman–Crippen LogP) is 3.73. The number of hydrogen-bond donors (Lipinski definition) is 1. The second kappa shape index (κ2) is 8.32. The predicted molar refractivity (Wildman–Crippen MR) is 101 cm³/mol. The molecule has 1 N–H and O–H groups in total. The molecule has 1 aliphatic rings. The van der Waals surface area contributed by atoms with Gasteiger partial charge in [0.05, 0.1) is 13.2 Å². The third-order valence-corrected chi connectivity index (χ3v) is 5.05. The van der Waals surface area contributed by atoms with Gasteiger partial charge in [-0.25, -0.2) is 4.39 Å². The van der Waals surface area contributed by atoms with Crippen LogP contribution in [0.15, 0.2) is 48.5 Å². The van der Waals surface area contributed by atoms with Crippen LogP contribution in [0.2, 0.25) is 0 Å². The normalized spacial score (nSPS) is 18.5. The Hall–Kier alpha value is -2.40. The van der Waals surface area contributed by atoms with Gasteiger partial charge in [0.15, 0.2) is 0 Å². The Morgan fingerprint density at radius 2 is 2.12 bits per heavy atom. The van der Waals surface area contributed by atoms with E-state index in [1.807, 2.05) is 37.3 Å². The summed E-state index contributed by atoms with van der Waals surface area (Å²) in [7, 11) is 1.60. The van der Waals surface area contributed by atoms with Gasteiger partial charge >= 0.3 is 0 Å². The number of likely N-dealkylation sites (tertiary alicyclic amines) is 1. The van der Waals surface area contributed by atoms with Crippen molar-refractivity contribution in [2.45, 2.75) is 25.8 Å². The van der Waals surface area contributed by atoms with E-state index in [2.05, 4.69) is 10.2 Å². The summed E-state index contributed by atoms with van der Waals surface area (Å²) in [5, 5.41) is 2.95. The van der Waals surface area contributed by atoms with Crippen molar-refractivity contribution in [3.8, 4) is 5.75 Å². The van der Waals surface area contributed by atoms with Crippen LogP contribution in [0.3, 0.4) is 0 Å². The highest BCUT2D eigenvalue weighted by atomic mass is 19.1. The first-order valence-corrected chi connectivity index (χ1v) is 8.99. The molecule has 0 radical (unpaired) electrons. The summed E-state index contributed by atoms with van der Waals surface area (Å²) in [5.74, 6) is 0.903. The van der Waals surface area contributed by atoms with Crippen LogP contribution in [0, 0.1) is 11.7 Å². The number of nitrogens with zero attached hydrogens (tertiary/aromatic N) is 1. The van der Waals surface area contributed by atoms with Gasteiger partial charge in [0.1, 0.15) is 11.6 Å². The van der Waals surface area contributed by atoms with Gasteiger partial charge in [-0.2, -0.15) is 0 Å². The number of halogens is 1. The SMILES string of the molecule is COc1cccc(NC(=O)C(C)N2CCC(Cc3ccccc3F)C2)c1. The second-order valence-corrected chi connectivity index (χ2v) is 6.84. The smallest absolute Gasteiger partial charge is 0.241 e. The molecule has 0 aliphatic carbocycles. The molecule has 0 aromatic heterocycles. The van der Waals surface area contributed by atoms with Crippen LogP contribution in [0.1, 0.15) is 18.9 Å². The fourth-order valence-corrected chi connectivity index (χ4v) is 3.47. The van der Waals surface area contributed by atoms with Gasteiger partial charge in [-0.15, -0.1) is 0 Å². The van der Waals surface area contributed by atoms with E-state index in [9.17, 15) is 9.18 Å². The molecule has 1 fully saturated rings.